The maximum absolute atomic E-state index is 12.4. The molecular formula is C21H19N3O4. The zero-order valence-electron chi connectivity index (χ0n) is 15.5. The molecule has 0 aliphatic rings. The molecule has 1 heterocycles. The van der Waals surface area contributed by atoms with Crippen LogP contribution in [0.25, 0.3) is 10.9 Å². The number of carbonyl (C=O) groups excluding carboxylic acids is 3. The normalized spacial score (nSPS) is 10.4. The molecule has 0 saturated carbocycles. The van der Waals surface area contributed by atoms with Crippen molar-refractivity contribution in [3.05, 3.63) is 71.4 Å². The van der Waals surface area contributed by atoms with E-state index >= 15 is 0 Å². The van der Waals surface area contributed by atoms with Crippen LogP contribution < -0.4 is 10.6 Å². The highest BCUT2D eigenvalue weighted by Gasteiger charge is 2.15. The molecule has 0 spiro atoms. The standard InChI is InChI=1S/C21H19N3O4/c1-13-11-17(16-5-3-4-6-18(16)23-13)21(27)28-12-19(25)24-15-9-7-14(8-10-15)20(26)22-2/h3-11H,12H2,1-2H3,(H,22,26)(H,24,25). The van der Waals surface area contributed by atoms with Crippen LogP contribution in [-0.2, 0) is 9.53 Å². The van der Waals surface area contributed by atoms with Gasteiger partial charge in [0.1, 0.15) is 0 Å². The second-order valence-electron chi connectivity index (χ2n) is 6.11. The van der Waals surface area contributed by atoms with E-state index in [1.54, 1.807) is 50.4 Å². The van der Waals surface area contributed by atoms with Gasteiger partial charge in [-0.1, -0.05) is 18.2 Å². The number of benzene rings is 2. The summed E-state index contributed by atoms with van der Waals surface area (Å²) in [5.41, 5.74) is 2.72. The Morgan fingerprint density at radius 3 is 2.46 bits per heavy atom. The fourth-order valence-corrected chi connectivity index (χ4v) is 2.73. The number of carbonyl (C=O) groups is 3. The number of rotatable bonds is 5. The number of amides is 2. The Balaban J connectivity index is 1.63. The van der Waals surface area contributed by atoms with E-state index in [1.165, 1.54) is 0 Å². The molecule has 142 valence electrons. The fraction of sp³-hybridized carbons (Fsp3) is 0.143. The summed E-state index contributed by atoms with van der Waals surface area (Å²) in [7, 11) is 1.54. The largest absolute Gasteiger partial charge is 0.452 e. The quantitative estimate of drug-likeness (QED) is 0.667. The highest BCUT2D eigenvalue weighted by atomic mass is 16.5. The van der Waals surface area contributed by atoms with Crippen molar-refractivity contribution >= 4 is 34.4 Å². The number of hydrogen-bond acceptors (Lipinski definition) is 5. The number of aryl methyl sites for hydroxylation is 1. The Labute approximate surface area is 161 Å². The zero-order chi connectivity index (χ0) is 20.1. The Bertz CT molecular complexity index is 1050. The summed E-state index contributed by atoms with van der Waals surface area (Å²) in [6, 6.07) is 15.3. The Morgan fingerprint density at radius 2 is 1.75 bits per heavy atom. The molecular weight excluding hydrogens is 358 g/mol. The number of para-hydroxylation sites is 1. The van der Waals surface area contributed by atoms with Gasteiger partial charge in [0.15, 0.2) is 6.61 Å². The number of anilines is 1. The monoisotopic (exact) mass is 377 g/mol. The van der Waals surface area contributed by atoms with E-state index in [1.807, 2.05) is 18.2 Å². The molecule has 0 unspecified atom stereocenters. The molecule has 0 radical (unpaired) electrons. The van der Waals surface area contributed by atoms with E-state index in [0.29, 0.717) is 33.4 Å². The third kappa shape index (κ3) is 4.32. The van der Waals surface area contributed by atoms with Crippen LogP contribution in [0.4, 0.5) is 5.69 Å². The summed E-state index contributed by atoms with van der Waals surface area (Å²) < 4.78 is 5.16. The van der Waals surface area contributed by atoms with Gasteiger partial charge < -0.3 is 15.4 Å². The molecule has 2 aromatic carbocycles. The van der Waals surface area contributed by atoms with E-state index < -0.39 is 18.5 Å². The predicted octanol–water partition coefficient (Wildman–Crippen LogP) is 2.70. The zero-order valence-corrected chi connectivity index (χ0v) is 15.5. The molecule has 0 aliphatic heterocycles. The lowest BCUT2D eigenvalue weighted by Crippen LogP contribution is -2.21. The minimum absolute atomic E-state index is 0.216. The highest BCUT2D eigenvalue weighted by Crippen LogP contribution is 2.19. The molecule has 0 aliphatic carbocycles. The van der Waals surface area contributed by atoms with Crippen molar-refractivity contribution in [2.45, 2.75) is 6.92 Å². The van der Waals surface area contributed by atoms with Crippen molar-refractivity contribution in [2.24, 2.45) is 0 Å². The van der Waals surface area contributed by atoms with Gasteiger partial charge in [-0.3, -0.25) is 14.6 Å². The molecule has 0 atom stereocenters. The van der Waals surface area contributed by atoms with Gasteiger partial charge in [0.2, 0.25) is 0 Å². The number of ether oxygens (including phenoxy) is 1. The van der Waals surface area contributed by atoms with Crippen LogP contribution in [0.5, 0.6) is 0 Å². The molecule has 2 N–H and O–H groups in total. The Hall–Kier alpha value is -3.74. The minimum Gasteiger partial charge on any atom is -0.452 e. The first-order valence-electron chi connectivity index (χ1n) is 8.63. The van der Waals surface area contributed by atoms with Gasteiger partial charge in [-0.05, 0) is 43.3 Å². The van der Waals surface area contributed by atoms with Gasteiger partial charge in [-0.2, -0.15) is 0 Å². The average molecular weight is 377 g/mol. The molecule has 2 amide bonds. The van der Waals surface area contributed by atoms with Crippen LogP contribution in [0.2, 0.25) is 0 Å². The number of fused-ring (bicyclic) bond motifs is 1. The lowest BCUT2D eigenvalue weighted by molar-refractivity contribution is -0.119. The minimum atomic E-state index is -0.591. The van der Waals surface area contributed by atoms with Crippen LogP contribution in [0.1, 0.15) is 26.4 Å². The van der Waals surface area contributed by atoms with Gasteiger partial charge in [-0.25, -0.2) is 4.79 Å². The summed E-state index contributed by atoms with van der Waals surface area (Å²) in [5.74, 6) is -1.28. The van der Waals surface area contributed by atoms with Crippen molar-refractivity contribution in [2.75, 3.05) is 19.0 Å². The van der Waals surface area contributed by atoms with Gasteiger partial charge >= 0.3 is 5.97 Å². The van der Waals surface area contributed by atoms with Crippen LogP contribution in [-0.4, -0.2) is 36.4 Å². The summed E-state index contributed by atoms with van der Waals surface area (Å²) in [6.45, 7) is 1.37. The van der Waals surface area contributed by atoms with Crippen molar-refractivity contribution in [3.8, 4) is 0 Å². The second-order valence-corrected chi connectivity index (χ2v) is 6.11. The third-order valence-electron chi connectivity index (χ3n) is 4.06. The summed E-state index contributed by atoms with van der Waals surface area (Å²) in [4.78, 5) is 40.4. The summed E-state index contributed by atoms with van der Waals surface area (Å²) in [5, 5.41) is 5.81. The molecule has 0 bridgehead atoms. The number of esters is 1. The van der Waals surface area contributed by atoms with Crippen molar-refractivity contribution < 1.29 is 19.1 Å². The third-order valence-corrected chi connectivity index (χ3v) is 4.06. The number of pyridine rings is 1. The van der Waals surface area contributed by atoms with Crippen LogP contribution in [0.3, 0.4) is 0 Å². The SMILES string of the molecule is CNC(=O)c1ccc(NC(=O)COC(=O)c2cc(C)nc3ccccc23)cc1. The van der Waals surface area contributed by atoms with E-state index in [0.717, 1.165) is 0 Å². The molecule has 1 aromatic heterocycles. The Kier molecular flexibility index (Phi) is 5.64. The van der Waals surface area contributed by atoms with Gasteiger partial charge in [-0.15, -0.1) is 0 Å². The first-order valence-corrected chi connectivity index (χ1v) is 8.63. The molecule has 3 rings (SSSR count). The number of nitrogens with zero attached hydrogens (tertiary/aromatic N) is 1. The molecule has 7 heteroatoms. The lowest BCUT2D eigenvalue weighted by atomic mass is 10.1. The van der Waals surface area contributed by atoms with Crippen LogP contribution >= 0.6 is 0 Å². The van der Waals surface area contributed by atoms with Crippen LogP contribution in [0.15, 0.2) is 54.6 Å². The number of aromatic nitrogens is 1. The maximum atomic E-state index is 12.4. The van der Waals surface area contributed by atoms with Crippen molar-refractivity contribution in [3.63, 3.8) is 0 Å². The van der Waals surface area contributed by atoms with Crippen LogP contribution in [0, 0.1) is 6.92 Å². The van der Waals surface area contributed by atoms with E-state index in [9.17, 15) is 14.4 Å². The fourth-order valence-electron chi connectivity index (χ4n) is 2.73. The Morgan fingerprint density at radius 1 is 1.04 bits per heavy atom. The van der Waals surface area contributed by atoms with Crippen molar-refractivity contribution in [1.29, 1.82) is 0 Å². The summed E-state index contributed by atoms with van der Waals surface area (Å²) in [6.07, 6.45) is 0. The second kappa shape index (κ2) is 8.30. The summed E-state index contributed by atoms with van der Waals surface area (Å²) >= 11 is 0. The van der Waals surface area contributed by atoms with Gasteiger partial charge in [0, 0.05) is 29.4 Å². The average Bonchev–Trinajstić information content (AvgIpc) is 2.71. The first kappa shape index (κ1) is 19.0. The predicted molar refractivity (Wildman–Crippen MR) is 105 cm³/mol. The smallest absolute Gasteiger partial charge is 0.339 e. The van der Waals surface area contributed by atoms with Gasteiger partial charge in [0.25, 0.3) is 11.8 Å². The lowest BCUT2D eigenvalue weighted by Gasteiger charge is -2.09. The molecule has 28 heavy (non-hydrogen) atoms. The molecule has 3 aromatic rings. The van der Waals surface area contributed by atoms with E-state index in [4.69, 9.17) is 4.74 Å². The van der Waals surface area contributed by atoms with Crippen molar-refractivity contribution in [1.82, 2.24) is 10.3 Å². The van der Waals surface area contributed by atoms with E-state index in [2.05, 4.69) is 15.6 Å². The van der Waals surface area contributed by atoms with Gasteiger partial charge in [0.05, 0.1) is 11.1 Å². The maximum Gasteiger partial charge on any atom is 0.339 e. The highest BCUT2D eigenvalue weighted by molar-refractivity contribution is 6.04. The number of hydrogen-bond donors (Lipinski definition) is 2. The van der Waals surface area contributed by atoms with E-state index in [-0.39, 0.29) is 5.91 Å². The topological polar surface area (TPSA) is 97.4 Å². The molecule has 0 saturated heterocycles. The first-order chi connectivity index (χ1) is 13.5. The number of nitrogens with one attached hydrogen (secondary N) is 2. The molecule has 7 nitrogen and oxygen atoms in total. The molecule has 0 fully saturated rings.